The third kappa shape index (κ3) is 5.52. The first-order valence-corrected chi connectivity index (χ1v) is 11.9. The van der Waals surface area contributed by atoms with Gasteiger partial charge in [0.05, 0.1) is 0 Å². The zero-order chi connectivity index (χ0) is 21.1. The highest BCUT2D eigenvalue weighted by molar-refractivity contribution is 5.40. The molecule has 2 nitrogen and oxygen atoms in total. The van der Waals surface area contributed by atoms with E-state index in [9.17, 15) is 13.2 Å². The van der Waals surface area contributed by atoms with Crippen LogP contribution >= 0.6 is 0 Å². The molecule has 1 aliphatic heterocycles. The molecule has 5 heteroatoms. The van der Waals surface area contributed by atoms with E-state index < -0.39 is 12.7 Å². The first-order chi connectivity index (χ1) is 14.4. The van der Waals surface area contributed by atoms with E-state index in [1.807, 2.05) is 6.07 Å². The number of hydrogen-bond donors (Lipinski definition) is 0. The number of alkyl halides is 3. The first kappa shape index (κ1) is 22.0. The van der Waals surface area contributed by atoms with Crippen molar-refractivity contribution in [1.82, 2.24) is 0 Å². The second-order valence-corrected chi connectivity index (χ2v) is 9.70. The molecule has 168 valence electrons. The number of rotatable bonds is 5. The highest BCUT2D eigenvalue weighted by atomic mass is 19.4. The molecule has 2 aliphatic carbocycles. The molecule has 0 radical (unpaired) electrons. The van der Waals surface area contributed by atoms with Gasteiger partial charge in [-0.15, -0.1) is 13.2 Å². The van der Waals surface area contributed by atoms with Gasteiger partial charge in [-0.2, -0.15) is 0 Å². The van der Waals surface area contributed by atoms with Crippen LogP contribution in [0.2, 0.25) is 0 Å². The van der Waals surface area contributed by atoms with Crippen LogP contribution in [-0.4, -0.2) is 12.7 Å². The van der Waals surface area contributed by atoms with Crippen LogP contribution in [0.25, 0.3) is 0 Å². The van der Waals surface area contributed by atoms with Crippen molar-refractivity contribution in [3.63, 3.8) is 0 Å². The van der Waals surface area contributed by atoms with Crippen molar-refractivity contribution in [1.29, 1.82) is 0 Å². The van der Waals surface area contributed by atoms with Crippen LogP contribution in [0.15, 0.2) is 18.2 Å². The normalized spacial score (nSPS) is 32.3. The SMILES string of the molecule is CCCC1CCC(C2CCC(c3ccc4c(c3)CCC(OC(F)(F)F)O4)CC2)CC1. The Morgan fingerprint density at radius 2 is 1.60 bits per heavy atom. The number of aryl methyl sites for hydroxylation is 1. The Morgan fingerprint density at radius 1 is 0.933 bits per heavy atom. The maximum absolute atomic E-state index is 12.4. The second kappa shape index (κ2) is 9.50. The Kier molecular flexibility index (Phi) is 6.96. The van der Waals surface area contributed by atoms with Gasteiger partial charge in [-0.3, -0.25) is 4.74 Å². The molecule has 1 unspecified atom stereocenters. The lowest BCUT2D eigenvalue weighted by atomic mass is 9.68. The van der Waals surface area contributed by atoms with E-state index in [1.54, 1.807) is 0 Å². The molecule has 3 aliphatic rings. The van der Waals surface area contributed by atoms with E-state index in [1.165, 1.54) is 69.8 Å². The van der Waals surface area contributed by atoms with Crippen molar-refractivity contribution in [2.45, 2.75) is 103 Å². The van der Waals surface area contributed by atoms with Crippen LogP contribution in [0.4, 0.5) is 13.2 Å². The van der Waals surface area contributed by atoms with E-state index in [0.717, 1.165) is 23.3 Å². The molecule has 0 spiro atoms. The summed E-state index contributed by atoms with van der Waals surface area (Å²) < 4.78 is 46.8. The lowest BCUT2D eigenvalue weighted by Gasteiger charge is -2.38. The summed E-state index contributed by atoms with van der Waals surface area (Å²) in [5.41, 5.74) is 2.35. The standard InChI is InChI=1S/C25H35F3O2/c1-2-3-17-4-6-18(7-5-17)19-8-10-20(11-9-19)21-12-14-23-22(16-21)13-15-24(29-23)30-25(26,27)28/h12,14,16-20,24H,2-11,13,15H2,1H3. The van der Waals surface area contributed by atoms with Gasteiger partial charge in [-0.1, -0.05) is 44.7 Å². The highest BCUT2D eigenvalue weighted by Gasteiger charge is 2.36. The smallest absolute Gasteiger partial charge is 0.464 e. The highest BCUT2D eigenvalue weighted by Crippen LogP contribution is 2.45. The van der Waals surface area contributed by atoms with Crippen molar-refractivity contribution in [2.75, 3.05) is 0 Å². The van der Waals surface area contributed by atoms with Crippen molar-refractivity contribution in [3.05, 3.63) is 29.3 Å². The topological polar surface area (TPSA) is 18.5 Å². The Balaban J connectivity index is 1.29. The van der Waals surface area contributed by atoms with Gasteiger partial charge in [-0.25, -0.2) is 0 Å². The minimum atomic E-state index is -4.66. The van der Waals surface area contributed by atoms with Crippen molar-refractivity contribution in [3.8, 4) is 5.75 Å². The van der Waals surface area contributed by atoms with Crippen LogP contribution in [0.5, 0.6) is 5.75 Å². The second-order valence-electron chi connectivity index (χ2n) is 9.70. The summed E-state index contributed by atoms with van der Waals surface area (Å²) in [6, 6.07) is 6.06. The predicted octanol–water partition coefficient (Wildman–Crippen LogP) is 7.75. The number of halogens is 3. The Labute approximate surface area is 178 Å². The molecule has 0 aromatic heterocycles. The zero-order valence-electron chi connectivity index (χ0n) is 18.1. The Hall–Kier alpha value is -1.23. The molecule has 0 bridgehead atoms. The van der Waals surface area contributed by atoms with Crippen molar-refractivity contribution in [2.24, 2.45) is 17.8 Å². The summed E-state index contributed by atoms with van der Waals surface area (Å²) in [6.07, 6.45) is 8.49. The largest absolute Gasteiger partial charge is 0.525 e. The summed E-state index contributed by atoms with van der Waals surface area (Å²) in [6.45, 7) is 2.30. The number of benzene rings is 1. The summed E-state index contributed by atoms with van der Waals surface area (Å²) in [4.78, 5) is 0. The van der Waals surface area contributed by atoms with E-state index >= 15 is 0 Å². The number of ether oxygens (including phenoxy) is 2. The quantitative estimate of drug-likeness (QED) is 0.481. The molecule has 2 fully saturated rings. The average Bonchev–Trinajstić information content (AvgIpc) is 2.73. The van der Waals surface area contributed by atoms with Gasteiger partial charge in [0.2, 0.25) is 6.29 Å². The molecule has 30 heavy (non-hydrogen) atoms. The van der Waals surface area contributed by atoms with Gasteiger partial charge in [0.25, 0.3) is 0 Å². The third-order valence-corrected chi connectivity index (χ3v) is 7.76. The molecule has 0 amide bonds. The molecule has 0 N–H and O–H groups in total. The summed E-state index contributed by atoms with van der Waals surface area (Å²) in [7, 11) is 0. The fourth-order valence-corrected chi connectivity index (χ4v) is 6.15. The van der Waals surface area contributed by atoms with Gasteiger partial charge in [0, 0.05) is 6.42 Å². The Bertz CT molecular complexity index is 686. The van der Waals surface area contributed by atoms with Crippen LogP contribution in [0.3, 0.4) is 0 Å². The van der Waals surface area contributed by atoms with Crippen molar-refractivity contribution >= 4 is 0 Å². The predicted molar refractivity (Wildman–Crippen MR) is 111 cm³/mol. The van der Waals surface area contributed by atoms with Crippen LogP contribution in [0, 0.1) is 17.8 Å². The molecule has 1 aromatic rings. The minimum Gasteiger partial charge on any atom is -0.464 e. The average molecular weight is 425 g/mol. The van der Waals surface area contributed by atoms with Gasteiger partial charge < -0.3 is 4.74 Å². The summed E-state index contributed by atoms with van der Waals surface area (Å²) >= 11 is 0. The van der Waals surface area contributed by atoms with Gasteiger partial charge >= 0.3 is 6.36 Å². The third-order valence-electron chi connectivity index (χ3n) is 7.76. The molecule has 1 heterocycles. The summed E-state index contributed by atoms with van der Waals surface area (Å²) in [5, 5.41) is 0. The molecule has 4 rings (SSSR count). The van der Waals surface area contributed by atoms with Crippen LogP contribution < -0.4 is 4.74 Å². The van der Waals surface area contributed by atoms with Crippen LogP contribution in [0.1, 0.15) is 94.6 Å². The molecular weight excluding hydrogens is 389 g/mol. The van der Waals surface area contributed by atoms with E-state index in [4.69, 9.17) is 4.74 Å². The van der Waals surface area contributed by atoms with E-state index in [2.05, 4.69) is 23.8 Å². The van der Waals surface area contributed by atoms with E-state index in [0.29, 0.717) is 18.1 Å². The molecule has 0 saturated heterocycles. The minimum absolute atomic E-state index is 0.239. The van der Waals surface area contributed by atoms with Gasteiger partial charge in [0.1, 0.15) is 5.75 Å². The molecule has 1 aromatic carbocycles. The monoisotopic (exact) mass is 424 g/mol. The first-order valence-electron chi connectivity index (χ1n) is 11.9. The fourth-order valence-electron chi connectivity index (χ4n) is 6.15. The lowest BCUT2D eigenvalue weighted by Crippen LogP contribution is -2.31. The Morgan fingerprint density at radius 3 is 2.23 bits per heavy atom. The summed E-state index contributed by atoms with van der Waals surface area (Å²) in [5.74, 6) is 3.91. The van der Waals surface area contributed by atoms with Crippen LogP contribution in [-0.2, 0) is 11.2 Å². The van der Waals surface area contributed by atoms with Crippen molar-refractivity contribution < 1.29 is 22.6 Å². The van der Waals surface area contributed by atoms with Gasteiger partial charge in [0.15, 0.2) is 0 Å². The fraction of sp³-hybridized carbons (Fsp3) is 0.760. The molecule has 1 atom stereocenters. The number of hydrogen-bond acceptors (Lipinski definition) is 2. The van der Waals surface area contributed by atoms with Gasteiger partial charge in [-0.05, 0) is 85.8 Å². The van der Waals surface area contributed by atoms with E-state index in [-0.39, 0.29) is 6.42 Å². The number of fused-ring (bicyclic) bond motifs is 1. The maximum Gasteiger partial charge on any atom is 0.525 e. The molecule has 2 saturated carbocycles. The maximum atomic E-state index is 12.4. The zero-order valence-corrected chi connectivity index (χ0v) is 18.1. The molecular formula is C25H35F3O2. The lowest BCUT2D eigenvalue weighted by molar-refractivity contribution is -0.369.